The van der Waals surface area contributed by atoms with Gasteiger partial charge in [0, 0.05) is 13.0 Å². The van der Waals surface area contributed by atoms with Crippen LogP contribution in [0, 0.1) is 0 Å². The molecule has 0 amide bonds. The zero-order valence-corrected chi connectivity index (χ0v) is 45.0. The molecule has 0 rings (SSSR count). The molecule has 9 heteroatoms. The van der Waals surface area contributed by atoms with E-state index in [0.717, 1.165) is 83.5 Å². The number of quaternary nitrogens is 1. The summed E-state index contributed by atoms with van der Waals surface area (Å²) in [5.41, 5.74) is 0. The van der Waals surface area contributed by atoms with E-state index in [9.17, 15) is 14.3 Å². The molecule has 67 heavy (non-hydrogen) atoms. The Hall–Kier alpha value is -2.32. The number of likely N-dealkylation sites (N-methyl/N-ethyl adjacent to an activating group) is 1. The maximum Gasteiger partial charge on any atom is 0.306 e. The molecule has 0 spiro atoms. The highest BCUT2D eigenvalue weighted by Crippen LogP contribution is 2.38. The van der Waals surface area contributed by atoms with Crippen LogP contribution in [-0.4, -0.2) is 70.7 Å². The topological polar surface area (TPSA) is 94.1 Å². The monoisotopic (exact) mass is 958 g/mol. The molecule has 8 nitrogen and oxygen atoms in total. The van der Waals surface area contributed by atoms with E-state index in [1.54, 1.807) is 0 Å². The molecule has 0 radical (unpaired) electrons. The molecule has 0 aliphatic rings. The average Bonchev–Trinajstić information content (AvgIpc) is 3.29. The average molecular weight is 958 g/mol. The molecule has 0 bridgehead atoms. The largest absolute Gasteiger partial charge is 0.756 e. The van der Waals surface area contributed by atoms with Crippen molar-refractivity contribution in [2.45, 2.75) is 225 Å². The van der Waals surface area contributed by atoms with Crippen molar-refractivity contribution in [1.29, 1.82) is 0 Å². The third-order valence-corrected chi connectivity index (χ3v) is 12.4. The molecule has 2 unspecified atom stereocenters. The highest BCUT2D eigenvalue weighted by atomic mass is 31.2. The predicted octanol–water partition coefficient (Wildman–Crippen LogP) is 16.5. The maximum atomic E-state index is 12.8. The van der Waals surface area contributed by atoms with Crippen molar-refractivity contribution in [3.63, 3.8) is 0 Å². The molecule has 0 saturated carbocycles. The maximum absolute atomic E-state index is 12.8. The van der Waals surface area contributed by atoms with Gasteiger partial charge < -0.3 is 27.9 Å². The smallest absolute Gasteiger partial charge is 0.306 e. The molecule has 0 heterocycles. The summed E-state index contributed by atoms with van der Waals surface area (Å²) in [6.45, 7) is 5.25. The molecule has 0 saturated heterocycles. The first-order valence-corrected chi connectivity index (χ1v) is 28.8. The number of unbranched alkanes of at least 4 members (excludes halogenated alkanes) is 22. The lowest BCUT2D eigenvalue weighted by Crippen LogP contribution is -2.37. The van der Waals surface area contributed by atoms with E-state index in [1.807, 2.05) is 21.1 Å². The van der Waals surface area contributed by atoms with Gasteiger partial charge in [0.05, 0.1) is 34.4 Å². The number of hydrogen-bond donors (Lipinski definition) is 0. The first-order chi connectivity index (χ1) is 32.6. The highest BCUT2D eigenvalue weighted by molar-refractivity contribution is 7.45. The van der Waals surface area contributed by atoms with Crippen LogP contribution >= 0.6 is 7.82 Å². The minimum atomic E-state index is -4.54. The lowest BCUT2D eigenvalue weighted by Gasteiger charge is -2.28. The molecular formula is C58H104NO7P. The Bertz CT molecular complexity index is 1340. The number of rotatable bonds is 50. The van der Waals surface area contributed by atoms with E-state index in [0.29, 0.717) is 24.1 Å². The van der Waals surface area contributed by atoms with Gasteiger partial charge in [-0.1, -0.05) is 208 Å². The standard InChI is InChI=1S/C58H104NO7P/c1-6-8-10-12-14-16-18-20-22-24-26-28-30-31-33-35-37-39-41-43-45-47-49-51-58(60)66-57(56-65-67(61,62)64-54-52-59(3,4)5)55-63-53-50-48-46-44-42-40-38-36-34-32-29-27-25-23-21-19-17-15-13-11-9-7-2/h9,11,15,17-18,20-21,23-24,26-27,29,34,36,57H,6-8,10,12-14,16,19,22,25,28,30-33,35,37-56H2,1-5H3/b11-9-,17-15-,20-18-,23-21-,26-24-,29-27-,36-34-. The lowest BCUT2D eigenvalue weighted by molar-refractivity contribution is -0.870. The summed E-state index contributed by atoms with van der Waals surface area (Å²) in [5.74, 6) is -0.343. The van der Waals surface area contributed by atoms with Crippen molar-refractivity contribution < 1.29 is 37.3 Å². The number of hydrogen-bond acceptors (Lipinski definition) is 7. The van der Waals surface area contributed by atoms with Crippen LogP contribution < -0.4 is 4.89 Å². The first kappa shape index (κ1) is 64.7. The molecule has 0 N–H and O–H groups in total. The second kappa shape index (κ2) is 50.1. The number of carbonyl (C=O) groups is 1. The van der Waals surface area contributed by atoms with E-state index >= 15 is 0 Å². The van der Waals surface area contributed by atoms with E-state index in [1.165, 1.54) is 116 Å². The zero-order chi connectivity index (χ0) is 49.0. The molecule has 0 aromatic rings. The zero-order valence-electron chi connectivity index (χ0n) is 44.1. The molecule has 0 aliphatic heterocycles. The summed E-state index contributed by atoms with van der Waals surface area (Å²) in [6.07, 6.45) is 67.5. The number of carbonyl (C=O) groups excluding carboxylic acids is 1. The number of phosphoric ester groups is 1. The molecule has 2 atom stereocenters. The number of allylic oxidation sites excluding steroid dienone is 14. The van der Waals surface area contributed by atoms with E-state index in [2.05, 4.69) is 98.9 Å². The van der Waals surface area contributed by atoms with Crippen LogP contribution in [0.5, 0.6) is 0 Å². The van der Waals surface area contributed by atoms with E-state index in [-0.39, 0.29) is 25.8 Å². The molecular weight excluding hydrogens is 854 g/mol. The van der Waals surface area contributed by atoms with Crippen molar-refractivity contribution >= 4 is 13.8 Å². The van der Waals surface area contributed by atoms with Gasteiger partial charge in [0.2, 0.25) is 0 Å². The van der Waals surface area contributed by atoms with Gasteiger partial charge in [0.15, 0.2) is 0 Å². The number of esters is 1. The van der Waals surface area contributed by atoms with Crippen molar-refractivity contribution in [2.75, 3.05) is 54.1 Å². The fourth-order valence-corrected chi connectivity index (χ4v) is 7.98. The molecule has 0 aromatic carbocycles. The second-order valence-corrected chi connectivity index (χ2v) is 20.6. The summed E-state index contributed by atoms with van der Waals surface area (Å²) in [6, 6.07) is 0. The SMILES string of the molecule is CC/C=C\C/C=C\C/C=C\C/C=C\C/C=C\CCCCCCCCOCC(COP(=O)([O-])OCC[N+](C)(C)C)OC(=O)CCCCCCCCCCCCC/C=C\C/C=C\CCCCCCC. The third-order valence-electron chi connectivity index (χ3n) is 11.4. The second-order valence-electron chi connectivity index (χ2n) is 19.2. The van der Waals surface area contributed by atoms with Crippen molar-refractivity contribution in [3.8, 4) is 0 Å². The van der Waals surface area contributed by atoms with Crippen LogP contribution in [0.2, 0.25) is 0 Å². The van der Waals surface area contributed by atoms with Crippen LogP contribution in [0.1, 0.15) is 219 Å². The van der Waals surface area contributed by atoms with Crippen molar-refractivity contribution in [3.05, 3.63) is 85.1 Å². The van der Waals surface area contributed by atoms with Crippen molar-refractivity contribution in [1.82, 2.24) is 0 Å². The fraction of sp³-hybridized carbons (Fsp3) is 0.741. The Morgan fingerprint density at radius 2 is 0.866 bits per heavy atom. The van der Waals surface area contributed by atoms with E-state index < -0.39 is 13.9 Å². The van der Waals surface area contributed by atoms with Gasteiger partial charge in [-0.3, -0.25) is 9.36 Å². The molecule has 0 aromatic heterocycles. The summed E-state index contributed by atoms with van der Waals surface area (Å²) < 4.78 is 34.8. The van der Waals surface area contributed by atoms with E-state index in [4.69, 9.17) is 18.5 Å². The summed E-state index contributed by atoms with van der Waals surface area (Å²) in [4.78, 5) is 25.2. The lowest BCUT2D eigenvalue weighted by atomic mass is 10.0. The fourth-order valence-electron chi connectivity index (χ4n) is 7.25. The van der Waals surface area contributed by atoms with Crippen LogP contribution in [-0.2, 0) is 27.9 Å². The third kappa shape index (κ3) is 54.5. The van der Waals surface area contributed by atoms with Gasteiger partial charge in [-0.15, -0.1) is 0 Å². The van der Waals surface area contributed by atoms with Gasteiger partial charge >= 0.3 is 5.97 Å². The van der Waals surface area contributed by atoms with Gasteiger partial charge in [-0.2, -0.15) is 0 Å². The van der Waals surface area contributed by atoms with Gasteiger partial charge in [-0.25, -0.2) is 0 Å². The Morgan fingerprint density at radius 3 is 1.30 bits per heavy atom. The molecule has 388 valence electrons. The first-order valence-electron chi connectivity index (χ1n) is 27.3. The highest BCUT2D eigenvalue weighted by Gasteiger charge is 2.20. The Kier molecular flexibility index (Phi) is 48.3. The number of nitrogens with zero attached hydrogens (tertiary/aromatic N) is 1. The predicted molar refractivity (Wildman–Crippen MR) is 286 cm³/mol. The number of phosphoric acid groups is 1. The van der Waals surface area contributed by atoms with Crippen molar-refractivity contribution in [2.24, 2.45) is 0 Å². The van der Waals surface area contributed by atoms with Crippen LogP contribution in [0.4, 0.5) is 0 Å². The number of ether oxygens (including phenoxy) is 2. The summed E-state index contributed by atoms with van der Waals surface area (Å²) in [7, 11) is 1.34. The quantitative estimate of drug-likeness (QED) is 0.0197. The Labute approximate surface area is 414 Å². The summed E-state index contributed by atoms with van der Waals surface area (Å²) >= 11 is 0. The van der Waals surface area contributed by atoms with Crippen LogP contribution in [0.25, 0.3) is 0 Å². The van der Waals surface area contributed by atoms with Crippen LogP contribution in [0.15, 0.2) is 85.1 Å². The minimum absolute atomic E-state index is 0.0185. The normalized spacial score (nSPS) is 14.2. The van der Waals surface area contributed by atoms with Gasteiger partial charge in [0.1, 0.15) is 19.3 Å². The Balaban J connectivity index is 4.16. The molecule has 0 fully saturated rings. The van der Waals surface area contributed by atoms with Crippen LogP contribution in [0.3, 0.4) is 0 Å². The minimum Gasteiger partial charge on any atom is -0.756 e. The summed E-state index contributed by atoms with van der Waals surface area (Å²) in [5, 5.41) is 0. The molecule has 0 aliphatic carbocycles. The van der Waals surface area contributed by atoms with Gasteiger partial charge in [-0.05, 0) is 89.9 Å². The Morgan fingerprint density at radius 1 is 0.478 bits per heavy atom. The van der Waals surface area contributed by atoms with Gasteiger partial charge in [0.25, 0.3) is 7.82 Å².